The molecule has 0 amide bonds. The predicted octanol–water partition coefficient (Wildman–Crippen LogP) is 4.12. The van der Waals surface area contributed by atoms with Gasteiger partial charge in [0.15, 0.2) is 0 Å². The second-order valence-corrected chi connectivity index (χ2v) is 8.83. The van der Waals surface area contributed by atoms with Gasteiger partial charge in [0.2, 0.25) is 0 Å². The summed E-state index contributed by atoms with van der Waals surface area (Å²) < 4.78 is 19.3. The highest BCUT2D eigenvalue weighted by atomic mass is 32.1. The third-order valence-corrected chi connectivity index (χ3v) is 6.90. The lowest BCUT2D eigenvalue weighted by molar-refractivity contribution is 0.243. The van der Waals surface area contributed by atoms with Gasteiger partial charge in [-0.3, -0.25) is 9.69 Å². The van der Waals surface area contributed by atoms with Gasteiger partial charge >= 0.3 is 0 Å². The number of hydrogen-bond donors (Lipinski definition) is 1. The van der Waals surface area contributed by atoms with Crippen molar-refractivity contribution in [2.45, 2.75) is 6.54 Å². The molecule has 8 heteroatoms. The zero-order valence-corrected chi connectivity index (χ0v) is 18.5. The molecule has 164 valence electrons. The number of para-hydroxylation sites is 2. The Morgan fingerprint density at radius 2 is 1.84 bits per heavy atom. The average molecular weight is 451 g/mol. The molecular weight excluding hydrogens is 427 g/mol. The standard InChI is InChI=1S/C24H23FN4O2S/c1-31-20-5-3-2-4-19(20)29-12-10-28(11-13-29)15-22-26-18-14-21(32-23(18)24(30)27-22)16-6-8-17(25)9-7-16/h2-9,14H,10-13,15H2,1H3,(H,26,27,30). The number of nitrogens with zero attached hydrogens (tertiary/aromatic N) is 3. The third kappa shape index (κ3) is 4.11. The summed E-state index contributed by atoms with van der Waals surface area (Å²) in [5, 5.41) is 0. The highest BCUT2D eigenvalue weighted by molar-refractivity contribution is 7.22. The summed E-state index contributed by atoms with van der Waals surface area (Å²) in [5.41, 5.74) is 2.54. The molecule has 2 aromatic heterocycles. The molecule has 0 radical (unpaired) electrons. The Labute approximate surface area is 188 Å². The maximum atomic E-state index is 13.2. The quantitative estimate of drug-likeness (QED) is 0.496. The number of halogens is 1. The van der Waals surface area contributed by atoms with E-state index in [1.54, 1.807) is 19.2 Å². The van der Waals surface area contributed by atoms with E-state index in [9.17, 15) is 9.18 Å². The van der Waals surface area contributed by atoms with Crippen molar-refractivity contribution in [2.24, 2.45) is 0 Å². The summed E-state index contributed by atoms with van der Waals surface area (Å²) in [7, 11) is 1.69. The molecule has 0 saturated carbocycles. The highest BCUT2D eigenvalue weighted by Crippen LogP contribution is 2.31. The Morgan fingerprint density at radius 3 is 2.59 bits per heavy atom. The third-order valence-electron chi connectivity index (χ3n) is 5.73. The highest BCUT2D eigenvalue weighted by Gasteiger charge is 2.20. The van der Waals surface area contributed by atoms with Crippen molar-refractivity contribution < 1.29 is 9.13 Å². The van der Waals surface area contributed by atoms with Gasteiger partial charge in [0.05, 0.1) is 24.9 Å². The first-order valence-electron chi connectivity index (χ1n) is 10.5. The molecule has 6 nitrogen and oxygen atoms in total. The van der Waals surface area contributed by atoms with Gasteiger partial charge in [-0.15, -0.1) is 11.3 Å². The molecule has 1 N–H and O–H groups in total. The summed E-state index contributed by atoms with van der Waals surface area (Å²) in [5.74, 6) is 1.27. The number of ether oxygens (including phenoxy) is 1. The molecule has 0 aliphatic carbocycles. The molecule has 1 saturated heterocycles. The molecule has 1 aliphatic rings. The minimum Gasteiger partial charge on any atom is -0.495 e. The number of piperazine rings is 1. The molecule has 3 heterocycles. The smallest absolute Gasteiger partial charge is 0.268 e. The largest absolute Gasteiger partial charge is 0.495 e. The van der Waals surface area contributed by atoms with Crippen LogP contribution in [0.5, 0.6) is 5.75 Å². The number of methoxy groups -OCH3 is 1. The van der Waals surface area contributed by atoms with Crippen molar-refractivity contribution >= 4 is 27.2 Å². The fourth-order valence-electron chi connectivity index (χ4n) is 4.07. The second-order valence-electron chi connectivity index (χ2n) is 7.78. The molecule has 4 aromatic rings. The monoisotopic (exact) mass is 450 g/mol. The molecule has 5 rings (SSSR count). The number of fused-ring (bicyclic) bond motifs is 1. The summed E-state index contributed by atoms with van der Waals surface area (Å²) in [4.78, 5) is 25.8. The minimum absolute atomic E-state index is 0.129. The number of anilines is 1. The lowest BCUT2D eigenvalue weighted by Gasteiger charge is -2.36. The van der Waals surface area contributed by atoms with E-state index in [-0.39, 0.29) is 11.4 Å². The van der Waals surface area contributed by atoms with Gasteiger partial charge in [0, 0.05) is 31.1 Å². The van der Waals surface area contributed by atoms with E-state index >= 15 is 0 Å². The zero-order chi connectivity index (χ0) is 22.1. The van der Waals surface area contributed by atoms with Crippen LogP contribution in [0.25, 0.3) is 20.7 Å². The van der Waals surface area contributed by atoms with E-state index in [1.165, 1.54) is 23.5 Å². The Kier molecular flexibility index (Phi) is 5.63. The topological polar surface area (TPSA) is 61.5 Å². The second kappa shape index (κ2) is 8.72. The van der Waals surface area contributed by atoms with Crippen molar-refractivity contribution in [3.63, 3.8) is 0 Å². The lowest BCUT2D eigenvalue weighted by Crippen LogP contribution is -2.46. The number of H-pyrrole nitrogens is 1. The van der Waals surface area contributed by atoms with Crippen LogP contribution in [0.15, 0.2) is 59.4 Å². The van der Waals surface area contributed by atoms with Crippen LogP contribution in [0.3, 0.4) is 0 Å². The maximum Gasteiger partial charge on any atom is 0.268 e. The van der Waals surface area contributed by atoms with Crippen LogP contribution in [0.4, 0.5) is 10.1 Å². The first-order chi connectivity index (χ1) is 15.6. The van der Waals surface area contributed by atoms with Gasteiger partial charge in [-0.05, 0) is 35.9 Å². The molecular formula is C24H23FN4O2S. The normalized spacial score (nSPS) is 14.8. The SMILES string of the molecule is COc1ccccc1N1CCN(Cc2nc3cc(-c4ccc(F)cc4)sc3c(=O)[nH]2)CC1. The van der Waals surface area contributed by atoms with E-state index in [2.05, 4.69) is 20.9 Å². The van der Waals surface area contributed by atoms with Crippen molar-refractivity contribution in [3.05, 3.63) is 76.6 Å². The number of nitrogens with one attached hydrogen (secondary N) is 1. The van der Waals surface area contributed by atoms with Crippen molar-refractivity contribution in [1.82, 2.24) is 14.9 Å². The fourth-order valence-corrected chi connectivity index (χ4v) is 5.07. The van der Waals surface area contributed by atoms with E-state index in [0.29, 0.717) is 22.6 Å². The number of thiophene rings is 1. The molecule has 2 aromatic carbocycles. The van der Waals surface area contributed by atoms with E-state index < -0.39 is 0 Å². The number of benzene rings is 2. The zero-order valence-electron chi connectivity index (χ0n) is 17.7. The summed E-state index contributed by atoms with van der Waals surface area (Å²) in [6.45, 7) is 4.07. The number of aromatic nitrogens is 2. The number of aromatic amines is 1. The summed E-state index contributed by atoms with van der Waals surface area (Å²) in [6, 6.07) is 16.3. The first-order valence-corrected chi connectivity index (χ1v) is 11.3. The molecule has 0 spiro atoms. The van der Waals surface area contributed by atoms with Crippen LogP contribution in [0.1, 0.15) is 5.82 Å². The Morgan fingerprint density at radius 1 is 1.09 bits per heavy atom. The van der Waals surface area contributed by atoms with Gasteiger partial charge in [-0.1, -0.05) is 24.3 Å². The van der Waals surface area contributed by atoms with Crippen molar-refractivity contribution in [1.29, 1.82) is 0 Å². The van der Waals surface area contributed by atoms with Crippen molar-refractivity contribution in [2.75, 3.05) is 38.2 Å². The Balaban J connectivity index is 1.30. The number of rotatable bonds is 5. The van der Waals surface area contributed by atoms with Crippen molar-refractivity contribution in [3.8, 4) is 16.2 Å². The Bertz CT molecular complexity index is 1290. The van der Waals surface area contributed by atoms with Gasteiger partial charge in [-0.25, -0.2) is 9.37 Å². The first kappa shape index (κ1) is 20.7. The van der Waals surface area contributed by atoms with Gasteiger partial charge in [0.25, 0.3) is 5.56 Å². The van der Waals surface area contributed by atoms with Gasteiger partial charge in [0.1, 0.15) is 22.1 Å². The van der Waals surface area contributed by atoms with Crippen LogP contribution in [-0.4, -0.2) is 48.2 Å². The van der Waals surface area contributed by atoms with Crippen LogP contribution in [0.2, 0.25) is 0 Å². The van der Waals surface area contributed by atoms with E-state index in [1.807, 2.05) is 24.3 Å². The number of hydrogen-bond acceptors (Lipinski definition) is 6. The fraction of sp³-hybridized carbons (Fsp3) is 0.250. The molecule has 0 unspecified atom stereocenters. The molecule has 0 atom stereocenters. The van der Waals surface area contributed by atoms with Crippen LogP contribution < -0.4 is 15.2 Å². The summed E-state index contributed by atoms with van der Waals surface area (Å²) >= 11 is 1.38. The molecule has 1 fully saturated rings. The van der Waals surface area contributed by atoms with E-state index in [0.717, 1.165) is 48.1 Å². The van der Waals surface area contributed by atoms with Crippen LogP contribution >= 0.6 is 11.3 Å². The molecule has 32 heavy (non-hydrogen) atoms. The van der Waals surface area contributed by atoms with Gasteiger partial charge < -0.3 is 14.6 Å². The molecule has 1 aliphatic heterocycles. The Hall–Kier alpha value is -3.23. The van der Waals surface area contributed by atoms with Gasteiger partial charge in [-0.2, -0.15) is 0 Å². The lowest BCUT2D eigenvalue weighted by atomic mass is 10.2. The van der Waals surface area contributed by atoms with Crippen LogP contribution in [0, 0.1) is 5.82 Å². The predicted molar refractivity (Wildman–Crippen MR) is 126 cm³/mol. The summed E-state index contributed by atoms with van der Waals surface area (Å²) in [6.07, 6.45) is 0. The van der Waals surface area contributed by atoms with Crippen LogP contribution in [-0.2, 0) is 6.54 Å². The minimum atomic E-state index is -0.279. The maximum absolute atomic E-state index is 13.2. The average Bonchev–Trinajstić information content (AvgIpc) is 3.25. The van der Waals surface area contributed by atoms with E-state index in [4.69, 9.17) is 9.72 Å². The molecule has 0 bridgehead atoms.